The predicted octanol–water partition coefficient (Wildman–Crippen LogP) is 4.63. The van der Waals surface area contributed by atoms with Crippen molar-refractivity contribution in [2.45, 2.75) is 46.5 Å². The molecule has 1 rings (SSSR count). The fourth-order valence-corrected chi connectivity index (χ4v) is 2.57. The van der Waals surface area contributed by atoms with E-state index in [1.165, 1.54) is 5.57 Å². The van der Waals surface area contributed by atoms with E-state index in [1.54, 1.807) is 0 Å². The average Bonchev–Trinajstić information content (AvgIpc) is 2.45. The molecule has 1 unspecified atom stereocenters. The van der Waals surface area contributed by atoms with Crippen LogP contribution in [-0.2, 0) is 10.2 Å². The van der Waals surface area contributed by atoms with Crippen molar-refractivity contribution in [3.8, 4) is 6.07 Å². The van der Waals surface area contributed by atoms with E-state index in [9.17, 15) is 10.1 Å². The summed E-state index contributed by atoms with van der Waals surface area (Å²) in [5.74, 6) is 0. The molecule has 0 fully saturated rings. The average molecular weight is 281 g/mol. The summed E-state index contributed by atoms with van der Waals surface area (Å²) in [5, 5.41) is 9.22. The summed E-state index contributed by atoms with van der Waals surface area (Å²) in [6.45, 7) is 10.0. The highest BCUT2D eigenvalue weighted by molar-refractivity contribution is 5.73. The smallest absolute Gasteiger partial charge is 0.145 e. The van der Waals surface area contributed by atoms with Gasteiger partial charge in [-0.3, -0.25) is 4.79 Å². The van der Waals surface area contributed by atoms with E-state index >= 15 is 0 Å². The molecule has 110 valence electrons. The first kappa shape index (κ1) is 16.9. The number of carbonyl (C=O) groups excluding carboxylic acids is 1. The normalized spacial score (nSPS) is 14.0. The van der Waals surface area contributed by atoms with Crippen molar-refractivity contribution < 1.29 is 4.79 Å². The van der Waals surface area contributed by atoms with E-state index in [-0.39, 0.29) is 5.41 Å². The monoisotopic (exact) mass is 281 g/mol. The summed E-state index contributed by atoms with van der Waals surface area (Å²) in [6, 6.07) is 8.02. The first-order valence-electron chi connectivity index (χ1n) is 7.12. The largest absolute Gasteiger partial charge is 0.298 e. The molecule has 0 heterocycles. The van der Waals surface area contributed by atoms with Gasteiger partial charge in [-0.25, -0.2) is 0 Å². The Labute approximate surface area is 127 Å². The minimum Gasteiger partial charge on any atom is -0.298 e. The molecule has 0 spiro atoms. The Morgan fingerprint density at radius 2 is 2.00 bits per heavy atom. The molecule has 0 saturated heterocycles. The maximum absolute atomic E-state index is 11.0. The van der Waals surface area contributed by atoms with Crippen molar-refractivity contribution in [1.82, 2.24) is 0 Å². The molecular formula is C19H23NO. The topological polar surface area (TPSA) is 40.9 Å². The van der Waals surface area contributed by atoms with Gasteiger partial charge < -0.3 is 0 Å². The van der Waals surface area contributed by atoms with E-state index in [0.717, 1.165) is 23.8 Å². The summed E-state index contributed by atoms with van der Waals surface area (Å²) < 4.78 is 0. The summed E-state index contributed by atoms with van der Waals surface area (Å²) in [4.78, 5) is 11.0. The Hall–Kier alpha value is -2.14. The third-order valence-electron chi connectivity index (χ3n) is 3.74. The molecule has 0 bridgehead atoms. The zero-order valence-corrected chi connectivity index (χ0v) is 13.5. The van der Waals surface area contributed by atoms with Crippen LogP contribution in [-0.4, -0.2) is 6.29 Å². The highest BCUT2D eigenvalue weighted by Gasteiger charge is 2.26. The number of allylic oxidation sites excluding steroid dienone is 4. The van der Waals surface area contributed by atoms with Crippen LogP contribution < -0.4 is 0 Å². The van der Waals surface area contributed by atoms with Gasteiger partial charge in [0.15, 0.2) is 0 Å². The molecule has 0 amide bonds. The molecule has 1 aromatic rings. The standard InChI is InChI=1S/C19H23NO/c1-14(2)9-10-19(5,11-15(3)13-21)18-8-6-7-17(12-20)16(18)4/h6-9,11,13H,10H2,1-5H3/b15-11+. The van der Waals surface area contributed by atoms with Gasteiger partial charge in [-0.05, 0) is 56.9 Å². The molecule has 0 N–H and O–H groups in total. The third kappa shape index (κ3) is 4.16. The van der Waals surface area contributed by atoms with Crippen molar-refractivity contribution >= 4 is 6.29 Å². The highest BCUT2D eigenvalue weighted by Crippen LogP contribution is 2.34. The summed E-state index contributed by atoms with van der Waals surface area (Å²) in [7, 11) is 0. The van der Waals surface area contributed by atoms with Gasteiger partial charge in [0.2, 0.25) is 0 Å². The molecule has 21 heavy (non-hydrogen) atoms. The van der Waals surface area contributed by atoms with Gasteiger partial charge in [-0.15, -0.1) is 0 Å². The molecule has 0 aliphatic carbocycles. The fraction of sp³-hybridized carbons (Fsp3) is 0.368. The van der Waals surface area contributed by atoms with Crippen molar-refractivity contribution in [3.63, 3.8) is 0 Å². The van der Waals surface area contributed by atoms with E-state index in [2.05, 4.69) is 32.9 Å². The molecule has 2 nitrogen and oxygen atoms in total. The summed E-state index contributed by atoms with van der Waals surface area (Å²) in [6.07, 6.45) is 5.86. The Morgan fingerprint density at radius 3 is 2.52 bits per heavy atom. The molecular weight excluding hydrogens is 258 g/mol. The van der Waals surface area contributed by atoms with Crippen LogP contribution in [0.4, 0.5) is 0 Å². The Balaban J connectivity index is 3.48. The van der Waals surface area contributed by atoms with E-state index in [4.69, 9.17) is 0 Å². The number of benzene rings is 1. The second kappa shape index (κ2) is 7.04. The number of hydrogen-bond acceptors (Lipinski definition) is 2. The Morgan fingerprint density at radius 1 is 1.33 bits per heavy atom. The van der Waals surface area contributed by atoms with Crippen LogP contribution in [0.15, 0.2) is 41.5 Å². The third-order valence-corrected chi connectivity index (χ3v) is 3.74. The molecule has 0 aliphatic heterocycles. The van der Waals surface area contributed by atoms with Gasteiger partial charge in [-0.1, -0.05) is 36.8 Å². The van der Waals surface area contributed by atoms with E-state index in [0.29, 0.717) is 11.1 Å². The highest BCUT2D eigenvalue weighted by atomic mass is 16.1. The van der Waals surface area contributed by atoms with Gasteiger partial charge >= 0.3 is 0 Å². The van der Waals surface area contributed by atoms with Gasteiger partial charge in [0.1, 0.15) is 6.29 Å². The van der Waals surface area contributed by atoms with Crippen molar-refractivity contribution in [2.75, 3.05) is 0 Å². The SMILES string of the molecule is CC(C)=CCC(C)(/C=C(\C)C=O)c1cccc(C#N)c1C. The summed E-state index contributed by atoms with van der Waals surface area (Å²) >= 11 is 0. The molecule has 1 aromatic carbocycles. The maximum atomic E-state index is 11.0. The quantitative estimate of drug-likeness (QED) is 0.448. The molecule has 2 heteroatoms. The van der Waals surface area contributed by atoms with E-state index < -0.39 is 0 Å². The molecule has 0 aliphatic rings. The van der Waals surface area contributed by atoms with Gasteiger partial charge in [0, 0.05) is 5.41 Å². The molecule has 1 atom stereocenters. The zero-order valence-electron chi connectivity index (χ0n) is 13.5. The second-order valence-electron chi connectivity index (χ2n) is 6.00. The number of aldehydes is 1. The van der Waals surface area contributed by atoms with E-state index in [1.807, 2.05) is 38.1 Å². The van der Waals surface area contributed by atoms with Gasteiger partial charge in [0.05, 0.1) is 11.6 Å². The number of nitriles is 1. The van der Waals surface area contributed by atoms with Crippen molar-refractivity contribution in [2.24, 2.45) is 0 Å². The zero-order chi connectivity index (χ0) is 16.0. The predicted molar refractivity (Wildman–Crippen MR) is 87.1 cm³/mol. The van der Waals surface area contributed by atoms with Crippen LogP contribution in [0, 0.1) is 18.3 Å². The lowest BCUT2D eigenvalue weighted by atomic mass is 9.75. The molecule has 0 radical (unpaired) electrons. The number of carbonyl (C=O) groups is 1. The van der Waals surface area contributed by atoms with Crippen LogP contribution >= 0.6 is 0 Å². The summed E-state index contributed by atoms with van der Waals surface area (Å²) in [5.41, 5.74) is 4.43. The van der Waals surface area contributed by atoms with Crippen molar-refractivity contribution in [3.05, 3.63) is 58.2 Å². The molecule has 0 aromatic heterocycles. The lowest BCUT2D eigenvalue weighted by molar-refractivity contribution is -0.104. The lowest BCUT2D eigenvalue weighted by Gasteiger charge is -2.28. The molecule has 0 saturated carbocycles. The Kier molecular flexibility index (Phi) is 5.67. The number of nitrogens with zero attached hydrogens (tertiary/aromatic N) is 1. The van der Waals surface area contributed by atoms with Crippen LogP contribution in [0.25, 0.3) is 0 Å². The lowest BCUT2D eigenvalue weighted by Crippen LogP contribution is -2.21. The van der Waals surface area contributed by atoms with Gasteiger partial charge in [0.25, 0.3) is 0 Å². The van der Waals surface area contributed by atoms with Crippen LogP contribution in [0.2, 0.25) is 0 Å². The van der Waals surface area contributed by atoms with Crippen LogP contribution in [0.3, 0.4) is 0 Å². The first-order chi connectivity index (χ1) is 9.84. The number of hydrogen-bond donors (Lipinski definition) is 0. The minimum atomic E-state index is -0.292. The Bertz CT molecular complexity index is 627. The first-order valence-corrected chi connectivity index (χ1v) is 7.12. The van der Waals surface area contributed by atoms with Gasteiger partial charge in [-0.2, -0.15) is 5.26 Å². The van der Waals surface area contributed by atoms with Crippen LogP contribution in [0.1, 0.15) is 50.8 Å². The maximum Gasteiger partial charge on any atom is 0.145 e. The minimum absolute atomic E-state index is 0.292. The second-order valence-corrected chi connectivity index (χ2v) is 6.00. The number of rotatable bonds is 5. The fourth-order valence-electron chi connectivity index (χ4n) is 2.57. The van der Waals surface area contributed by atoms with Crippen LogP contribution in [0.5, 0.6) is 0 Å². The van der Waals surface area contributed by atoms with Crippen molar-refractivity contribution in [1.29, 1.82) is 5.26 Å².